The summed E-state index contributed by atoms with van der Waals surface area (Å²) in [5.74, 6) is -0.618. The number of nitrogens with zero attached hydrogens (tertiary/aromatic N) is 4. The van der Waals surface area contributed by atoms with Crippen molar-refractivity contribution in [2.45, 2.75) is 38.3 Å². The fraction of sp³-hybridized carbons (Fsp3) is 0.636. The minimum atomic E-state index is -0.551. The number of guanidine groups is 1. The number of hydrogen-bond acceptors (Lipinski definition) is 4. The van der Waals surface area contributed by atoms with Crippen molar-refractivity contribution in [3.05, 3.63) is 29.8 Å². The van der Waals surface area contributed by atoms with Crippen LogP contribution in [0.5, 0.6) is 0 Å². The number of aliphatic imine (C=N–C) groups is 1. The van der Waals surface area contributed by atoms with Crippen LogP contribution >= 0.6 is 0 Å². The van der Waals surface area contributed by atoms with E-state index >= 15 is 0 Å². The number of rotatable bonds is 7. The molecule has 0 radical (unpaired) electrons. The van der Waals surface area contributed by atoms with E-state index in [4.69, 9.17) is 0 Å². The minimum Gasteiger partial charge on any atom is -0.365 e. The van der Waals surface area contributed by atoms with Crippen molar-refractivity contribution >= 4 is 17.6 Å². The van der Waals surface area contributed by atoms with Crippen molar-refractivity contribution in [1.29, 1.82) is 0 Å². The van der Waals surface area contributed by atoms with Gasteiger partial charge in [0.2, 0.25) is 5.91 Å². The highest BCUT2D eigenvalue weighted by Crippen LogP contribution is 2.26. The third kappa shape index (κ3) is 6.06. The van der Waals surface area contributed by atoms with Crippen molar-refractivity contribution in [3.63, 3.8) is 0 Å². The maximum absolute atomic E-state index is 14.2. The molecule has 1 aromatic carbocycles. The number of anilines is 1. The van der Waals surface area contributed by atoms with E-state index in [9.17, 15) is 13.6 Å². The molecule has 2 unspecified atom stereocenters. The maximum atomic E-state index is 14.2. The third-order valence-corrected chi connectivity index (χ3v) is 6.06. The van der Waals surface area contributed by atoms with Crippen molar-refractivity contribution < 1.29 is 13.6 Å². The first-order chi connectivity index (χ1) is 14.9. The Balaban J connectivity index is 1.63. The lowest BCUT2D eigenvalue weighted by molar-refractivity contribution is -0.127. The Hall–Kier alpha value is -2.42. The smallest absolute Gasteiger partial charge is 0.243 e. The van der Waals surface area contributed by atoms with Crippen LogP contribution in [0.15, 0.2) is 23.2 Å². The van der Waals surface area contributed by atoms with Gasteiger partial charge in [0.25, 0.3) is 0 Å². The second kappa shape index (κ2) is 10.7. The fourth-order valence-corrected chi connectivity index (χ4v) is 4.26. The fourth-order valence-electron chi connectivity index (χ4n) is 4.26. The number of likely N-dealkylation sites (N-methyl/N-ethyl adjacent to an activating group) is 2. The van der Waals surface area contributed by atoms with E-state index < -0.39 is 11.6 Å². The molecule has 0 aromatic heterocycles. The molecule has 2 saturated heterocycles. The number of likely N-dealkylation sites (tertiary alicyclic amines) is 1. The Morgan fingerprint density at radius 2 is 1.97 bits per heavy atom. The van der Waals surface area contributed by atoms with Gasteiger partial charge < -0.3 is 20.4 Å². The molecule has 2 N–H and O–H groups in total. The summed E-state index contributed by atoms with van der Waals surface area (Å²) in [6.07, 6.45) is 3.04. The van der Waals surface area contributed by atoms with E-state index in [0.29, 0.717) is 25.1 Å². The van der Waals surface area contributed by atoms with E-state index in [1.54, 1.807) is 19.0 Å². The van der Waals surface area contributed by atoms with E-state index in [0.717, 1.165) is 32.5 Å². The van der Waals surface area contributed by atoms with Gasteiger partial charge in [-0.3, -0.25) is 9.69 Å². The van der Waals surface area contributed by atoms with E-state index in [-0.39, 0.29) is 24.2 Å². The minimum absolute atomic E-state index is 0.0191. The summed E-state index contributed by atoms with van der Waals surface area (Å²) in [6, 6.07) is 4.35. The molecule has 9 heteroatoms. The number of hydrogen-bond donors (Lipinski definition) is 2. The van der Waals surface area contributed by atoms with Gasteiger partial charge in [-0.05, 0) is 44.5 Å². The van der Waals surface area contributed by atoms with Crippen LogP contribution in [-0.4, -0.2) is 87.1 Å². The largest absolute Gasteiger partial charge is 0.365 e. The monoisotopic (exact) mass is 436 g/mol. The first-order valence-electron chi connectivity index (χ1n) is 11.1. The highest BCUT2D eigenvalue weighted by molar-refractivity contribution is 5.85. The summed E-state index contributed by atoms with van der Waals surface area (Å²) in [5.41, 5.74) is 0.0191. The number of halogens is 2. The Labute approximate surface area is 183 Å². The van der Waals surface area contributed by atoms with E-state index in [1.807, 2.05) is 0 Å². The Bertz CT molecular complexity index is 767. The van der Waals surface area contributed by atoms with Crippen LogP contribution in [0, 0.1) is 11.6 Å². The molecule has 7 nitrogen and oxygen atoms in total. The summed E-state index contributed by atoms with van der Waals surface area (Å²) >= 11 is 0. The van der Waals surface area contributed by atoms with Crippen LogP contribution < -0.4 is 15.5 Å². The Kier molecular flexibility index (Phi) is 8.06. The third-order valence-electron chi connectivity index (χ3n) is 6.06. The van der Waals surface area contributed by atoms with Gasteiger partial charge in [0.15, 0.2) is 5.96 Å². The average Bonchev–Trinajstić information content (AvgIpc) is 3.38. The topological polar surface area (TPSA) is 63.2 Å². The first-order valence-corrected chi connectivity index (χ1v) is 11.1. The molecule has 0 aliphatic carbocycles. The number of amides is 1. The quantitative estimate of drug-likeness (QED) is 0.503. The molecule has 1 amide bonds. The molecular weight excluding hydrogens is 402 g/mol. The maximum Gasteiger partial charge on any atom is 0.243 e. The average molecular weight is 437 g/mol. The summed E-state index contributed by atoms with van der Waals surface area (Å²) in [4.78, 5) is 22.2. The Morgan fingerprint density at radius 3 is 2.65 bits per heavy atom. The van der Waals surface area contributed by atoms with Gasteiger partial charge in [0.05, 0.1) is 0 Å². The number of nitrogens with one attached hydrogen (secondary N) is 2. The zero-order valence-corrected chi connectivity index (χ0v) is 18.7. The van der Waals surface area contributed by atoms with Crippen LogP contribution in [0.1, 0.15) is 26.2 Å². The molecule has 2 aliphatic rings. The van der Waals surface area contributed by atoms with Crippen molar-refractivity contribution in [2.24, 2.45) is 4.99 Å². The number of carbonyl (C=O) groups excluding carboxylic acids is 1. The van der Waals surface area contributed by atoms with Gasteiger partial charge in [-0.25, -0.2) is 13.8 Å². The molecule has 2 heterocycles. The van der Waals surface area contributed by atoms with Gasteiger partial charge in [0, 0.05) is 45.8 Å². The van der Waals surface area contributed by atoms with Crippen molar-refractivity contribution in [2.75, 3.05) is 58.3 Å². The second-order valence-electron chi connectivity index (χ2n) is 8.40. The molecule has 2 aliphatic heterocycles. The number of benzene rings is 1. The van der Waals surface area contributed by atoms with E-state index in [1.165, 1.54) is 29.5 Å². The summed E-state index contributed by atoms with van der Waals surface area (Å²) < 4.78 is 28.3. The van der Waals surface area contributed by atoms with Crippen LogP contribution in [0.4, 0.5) is 14.5 Å². The van der Waals surface area contributed by atoms with Crippen LogP contribution in [0.3, 0.4) is 0 Å². The molecule has 0 spiro atoms. The standard InChI is InChI=1S/C22H34F2N6O/c1-4-29-11-6-7-17(29)13-25-22(26-14-20(31)28(2)3)27-16-10-12-30(15-16)21-18(23)8-5-9-19(21)24/h5,8-9,16-17H,4,6-7,10-15H2,1-3H3,(H2,25,26,27). The van der Waals surface area contributed by atoms with Crippen molar-refractivity contribution in [1.82, 2.24) is 20.4 Å². The van der Waals surface area contributed by atoms with Crippen LogP contribution in [0.2, 0.25) is 0 Å². The molecule has 31 heavy (non-hydrogen) atoms. The lowest BCUT2D eigenvalue weighted by Crippen LogP contribution is -2.49. The molecule has 2 fully saturated rings. The molecule has 2 atom stereocenters. The predicted octanol–water partition coefficient (Wildman–Crippen LogP) is 1.65. The first kappa shape index (κ1) is 23.2. The summed E-state index contributed by atoms with van der Waals surface area (Å²) in [6.45, 7) is 6.08. The molecule has 0 bridgehead atoms. The summed E-state index contributed by atoms with van der Waals surface area (Å²) in [5, 5.41) is 6.75. The highest BCUT2D eigenvalue weighted by Gasteiger charge is 2.28. The zero-order chi connectivity index (χ0) is 22.4. The van der Waals surface area contributed by atoms with Gasteiger partial charge in [0.1, 0.15) is 23.9 Å². The summed E-state index contributed by atoms with van der Waals surface area (Å²) in [7, 11) is 3.40. The van der Waals surface area contributed by atoms with E-state index in [2.05, 4.69) is 27.4 Å². The number of para-hydroxylation sites is 1. The van der Waals surface area contributed by atoms with Crippen LogP contribution in [-0.2, 0) is 4.79 Å². The van der Waals surface area contributed by atoms with Crippen LogP contribution in [0.25, 0.3) is 0 Å². The normalized spacial score (nSPS) is 22.1. The lowest BCUT2D eigenvalue weighted by Gasteiger charge is -2.25. The highest BCUT2D eigenvalue weighted by atomic mass is 19.1. The Morgan fingerprint density at radius 1 is 1.23 bits per heavy atom. The van der Waals surface area contributed by atoms with Gasteiger partial charge in [-0.2, -0.15) is 0 Å². The lowest BCUT2D eigenvalue weighted by atomic mass is 10.2. The van der Waals surface area contributed by atoms with Crippen molar-refractivity contribution in [3.8, 4) is 0 Å². The molecule has 1 aromatic rings. The molecule has 172 valence electrons. The van der Waals surface area contributed by atoms with Gasteiger partial charge in [-0.15, -0.1) is 0 Å². The predicted molar refractivity (Wildman–Crippen MR) is 119 cm³/mol. The molecule has 0 saturated carbocycles. The number of carbonyl (C=O) groups is 1. The zero-order valence-electron chi connectivity index (χ0n) is 18.7. The molecule has 3 rings (SSSR count). The molecular formula is C22H34F2N6O. The second-order valence-corrected chi connectivity index (χ2v) is 8.40. The van der Waals surface area contributed by atoms with Gasteiger partial charge in [-0.1, -0.05) is 13.0 Å². The van der Waals surface area contributed by atoms with Gasteiger partial charge >= 0.3 is 0 Å². The SMILES string of the molecule is CCN1CCCC1CNC(=NCC(=O)N(C)C)NC1CCN(c2c(F)cccc2F)C1.